The van der Waals surface area contributed by atoms with Gasteiger partial charge in [0.05, 0.1) is 18.8 Å². The van der Waals surface area contributed by atoms with Gasteiger partial charge in [0.25, 0.3) is 0 Å². The first-order valence-corrected chi connectivity index (χ1v) is 15.6. The Kier molecular flexibility index (Phi) is 11.8. The number of benzene rings is 2. The number of hydrogen-bond acceptors (Lipinski definition) is 10. The molecule has 2 aromatic carbocycles. The number of carbonyl (C=O) groups excluding carboxylic acids is 2. The lowest BCUT2D eigenvalue weighted by molar-refractivity contribution is -0.253. The van der Waals surface area contributed by atoms with Crippen LogP contribution in [0.1, 0.15) is 67.6 Å². The number of nitrogens with zero attached hydrogens (tertiary/aromatic N) is 4. The Balaban J connectivity index is 1.18. The maximum absolute atomic E-state index is 12.4. The van der Waals surface area contributed by atoms with E-state index in [1.807, 2.05) is 54.6 Å². The van der Waals surface area contributed by atoms with E-state index >= 15 is 0 Å². The van der Waals surface area contributed by atoms with Gasteiger partial charge in [0.1, 0.15) is 0 Å². The summed E-state index contributed by atoms with van der Waals surface area (Å²) in [4.78, 5) is 36.9. The minimum absolute atomic E-state index is 0.00754. The van der Waals surface area contributed by atoms with Crippen molar-refractivity contribution in [3.05, 3.63) is 83.7 Å². The van der Waals surface area contributed by atoms with Gasteiger partial charge in [-0.3, -0.25) is 19.7 Å². The fraction of sp³-hybridized carbons (Fsp3) is 0.455. The lowest BCUT2D eigenvalue weighted by atomic mass is 9.99. The molecule has 3 aromatic rings. The number of rotatable bonds is 13. The number of carbonyl (C=O) groups is 2. The number of ether oxygens (including phenoxy) is 2. The zero-order chi connectivity index (χ0) is 31.4. The number of nitrogens with one attached hydrogen (secondary N) is 2. The van der Waals surface area contributed by atoms with Crippen LogP contribution in [0, 0.1) is 0 Å². The smallest absolute Gasteiger partial charge is 0.243 e. The molecular formula is C33H42N6O6. The molecule has 45 heavy (non-hydrogen) atoms. The van der Waals surface area contributed by atoms with Crippen LogP contribution in [-0.4, -0.2) is 75.8 Å². The summed E-state index contributed by atoms with van der Waals surface area (Å²) in [5, 5.41) is 21.0. The van der Waals surface area contributed by atoms with Crippen LogP contribution in [0.25, 0.3) is 0 Å². The number of hydrogen-bond donors (Lipinski definition) is 4. The van der Waals surface area contributed by atoms with E-state index in [0.29, 0.717) is 31.4 Å². The second-order valence-corrected chi connectivity index (χ2v) is 11.5. The number of hydroxylamine groups is 1. The summed E-state index contributed by atoms with van der Waals surface area (Å²) in [6.45, 7) is 4.21. The summed E-state index contributed by atoms with van der Waals surface area (Å²) in [6, 6.07) is 17.2. The first kappa shape index (κ1) is 32.5. The van der Waals surface area contributed by atoms with E-state index in [1.54, 1.807) is 17.9 Å². The lowest BCUT2D eigenvalue weighted by Crippen LogP contribution is -2.50. The lowest BCUT2D eigenvalue weighted by Gasteiger charge is -2.40. The number of piperazine rings is 1. The van der Waals surface area contributed by atoms with Crippen molar-refractivity contribution in [2.24, 2.45) is 0 Å². The van der Waals surface area contributed by atoms with Crippen molar-refractivity contribution < 1.29 is 29.4 Å². The van der Waals surface area contributed by atoms with E-state index in [9.17, 15) is 14.7 Å². The highest BCUT2D eigenvalue weighted by Gasteiger charge is 2.34. The number of amides is 2. The average molecular weight is 619 g/mol. The molecular weight excluding hydrogens is 576 g/mol. The van der Waals surface area contributed by atoms with Crippen molar-refractivity contribution in [1.82, 2.24) is 20.3 Å². The first-order chi connectivity index (χ1) is 22.0. The largest absolute Gasteiger partial charge is 0.392 e. The van der Waals surface area contributed by atoms with Gasteiger partial charge >= 0.3 is 0 Å². The van der Waals surface area contributed by atoms with Crippen molar-refractivity contribution in [1.29, 1.82) is 0 Å². The van der Waals surface area contributed by atoms with E-state index < -0.39 is 12.2 Å². The molecule has 1 aromatic heterocycles. The number of aliphatic hydroxyl groups excluding tert-OH is 1. The second-order valence-electron chi connectivity index (χ2n) is 11.5. The van der Waals surface area contributed by atoms with E-state index in [0.717, 1.165) is 61.8 Å². The van der Waals surface area contributed by atoms with Gasteiger partial charge in [-0.25, -0.2) is 15.4 Å². The van der Waals surface area contributed by atoms with Crippen LogP contribution >= 0.6 is 0 Å². The average Bonchev–Trinajstić information content (AvgIpc) is 3.09. The molecule has 3 heterocycles. The van der Waals surface area contributed by atoms with Crippen LogP contribution in [0.5, 0.6) is 0 Å². The minimum Gasteiger partial charge on any atom is -0.392 e. The summed E-state index contributed by atoms with van der Waals surface area (Å²) >= 11 is 0. The molecule has 12 heteroatoms. The van der Waals surface area contributed by atoms with Gasteiger partial charge < -0.3 is 24.8 Å². The highest BCUT2D eigenvalue weighted by molar-refractivity contribution is 5.90. The molecule has 3 unspecified atom stereocenters. The van der Waals surface area contributed by atoms with Gasteiger partial charge in [0.2, 0.25) is 17.8 Å². The van der Waals surface area contributed by atoms with Crippen molar-refractivity contribution in [2.45, 2.75) is 63.6 Å². The molecule has 3 atom stereocenters. The van der Waals surface area contributed by atoms with Crippen molar-refractivity contribution in [2.75, 3.05) is 42.9 Å². The summed E-state index contributed by atoms with van der Waals surface area (Å²) in [6.07, 6.45) is 6.00. The van der Waals surface area contributed by atoms with E-state index in [1.165, 1.54) is 0 Å². The van der Waals surface area contributed by atoms with Gasteiger partial charge in [-0.1, -0.05) is 42.8 Å². The monoisotopic (exact) mass is 618 g/mol. The molecule has 12 nitrogen and oxygen atoms in total. The molecule has 240 valence electrons. The normalized spacial score (nSPS) is 20.5. The summed E-state index contributed by atoms with van der Waals surface area (Å²) in [5.41, 5.74) is 5.06. The molecule has 0 aliphatic carbocycles. The molecule has 0 saturated carbocycles. The Morgan fingerprint density at radius 2 is 1.51 bits per heavy atom. The third kappa shape index (κ3) is 9.52. The zero-order valence-corrected chi connectivity index (χ0v) is 25.4. The fourth-order valence-electron chi connectivity index (χ4n) is 5.66. The standard InChI is InChI=1S/C33H42N6O6/c40-23-24-7-9-25(10-8-24)29-21-28(22-38-17-19-39(20-18-38)33-34-15-4-16-35-33)44-32(45-29)26-11-13-27(14-12-26)36-30(41)5-2-1-3-6-31(42)37-43/h4,7-16,28-29,32,40,43H,1-3,5-6,17-23H2,(H,36,41)(H,37,42). The summed E-state index contributed by atoms with van der Waals surface area (Å²) in [7, 11) is 0. The predicted molar refractivity (Wildman–Crippen MR) is 167 cm³/mol. The topological polar surface area (TPSA) is 149 Å². The Hall–Kier alpha value is -3.94. The number of aromatic nitrogens is 2. The SMILES string of the molecule is O=C(CCCCCC(=O)Nc1ccc(C2OC(CN3CCN(c4ncccn4)CC3)CC(c3ccc(CO)cc3)O2)cc1)NO. The van der Waals surface area contributed by atoms with Gasteiger partial charge in [-0.15, -0.1) is 0 Å². The molecule has 0 radical (unpaired) electrons. The van der Waals surface area contributed by atoms with Crippen LogP contribution in [0.2, 0.25) is 0 Å². The van der Waals surface area contributed by atoms with Crippen molar-refractivity contribution >= 4 is 23.5 Å². The highest BCUT2D eigenvalue weighted by Crippen LogP contribution is 2.38. The van der Waals surface area contributed by atoms with Crippen LogP contribution < -0.4 is 15.7 Å². The summed E-state index contributed by atoms with van der Waals surface area (Å²) in [5.74, 6) is 0.250. The van der Waals surface area contributed by atoms with Crippen LogP contribution in [0.3, 0.4) is 0 Å². The molecule has 2 fully saturated rings. The van der Waals surface area contributed by atoms with Gasteiger partial charge in [0.15, 0.2) is 6.29 Å². The highest BCUT2D eigenvalue weighted by atomic mass is 16.7. The number of unbranched alkanes of at least 4 members (excludes halogenated alkanes) is 2. The Labute approximate surface area is 263 Å². The van der Waals surface area contributed by atoms with Gasteiger partial charge in [-0.05, 0) is 42.2 Å². The molecule has 4 N–H and O–H groups in total. The quantitative estimate of drug-likeness (QED) is 0.127. The van der Waals surface area contributed by atoms with E-state index in [4.69, 9.17) is 14.7 Å². The molecule has 0 bridgehead atoms. The van der Waals surface area contributed by atoms with Crippen molar-refractivity contribution in [3.63, 3.8) is 0 Å². The van der Waals surface area contributed by atoms with E-state index in [2.05, 4.69) is 25.1 Å². The number of anilines is 2. The Morgan fingerprint density at radius 1 is 0.844 bits per heavy atom. The third-order valence-electron chi connectivity index (χ3n) is 8.18. The summed E-state index contributed by atoms with van der Waals surface area (Å²) < 4.78 is 13.0. The maximum Gasteiger partial charge on any atom is 0.243 e. The molecule has 0 spiro atoms. The zero-order valence-electron chi connectivity index (χ0n) is 25.4. The molecule has 2 amide bonds. The fourth-order valence-corrected chi connectivity index (χ4v) is 5.66. The molecule has 2 saturated heterocycles. The Bertz CT molecular complexity index is 1350. The molecule has 2 aliphatic heterocycles. The van der Waals surface area contributed by atoms with Crippen LogP contribution in [-0.2, 0) is 25.7 Å². The third-order valence-corrected chi connectivity index (χ3v) is 8.18. The van der Waals surface area contributed by atoms with Crippen molar-refractivity contribution in [3.8, 4) is 0 Å². The second kappa shape index (κ2) is 16.4. The van der Waals surface area contributed by atoms with Crippen LogP contribution in [0.15, 0.2) is 67.0 Å². The Morgan fingerprint density at radius 3 is 2.18 bits per heavy atom. The number of aliphatic hydroxyl groups is 1. The molecule has 5 rings (SSSR count). The van der Waals surface area contributed by atoms with Crippen LogP contribution in [0.4, 0.5) is 11.6 Å². The minimum atomic E-state index is -0.578. The predicted octanol–water partition coefficient (Wildman–Crippen LogP) is 3.73. The first-order valence-electron chi connectivity index (χ1n) is 15.6. The maximum atomic E-state index is 12.4. The molecule has 2 aliphatic rings. The van der Waals surface area contributed by atoms with Gasteiger partial charge in [0, 0.05) is 75.6 Å². The van der Waals surface area contributed by atoms with Gasteiger partial charge in [-0.2, -0.15) is 0 Å². The van der Waals surface area contributed by atoms with E-state index in [-0.39, 0.29) is 31.1 Å².